The number of aliphatic hydroxyl groups is 2. The Hall–Kier alpha value is -3.41. The van der Waals surface area contributed by atoms with Gasteiger partial charge < -0.3 is 19.7 Å². The number of alkyl halides is 3. The Bertz CT molecular complexity index is 953. The van der Waals surface area contributed by atoms with E-state index in [1.807, 2.05) is 0 Å². The van der Waals surface area contributed by atoms with Crippen LogP contribution in [0.5, 0.6) is 0 Å². The van der Waals surface area contributed by atoms with Gasteiger partial charge in [0.2, 0.25) is 11.2 Å². The highest BCUT2D eigenvalue weighted by atomic mass is 19.4. The Morgan fingerprint density at radius 1 is 1.03 bits per heavy atom. The molecule has 29 heavy (non-hydrogen) atoms. The van der Waals surface area contributed by atoms with Gasteiger partial charge in [-0.2, -0.15) is 23.7 Å². The largest absolute Gasteiger partial charge is 0.466 e. The summed E-state index contributed by atoms with van der Waals surface area (Å²) in [4.78, 5) is 24.5. The lowest BCUT2D eigenvalue weighted by Gasteiger charge is -2.32. The van der Waals surface area contributed by atoms with Crippen LogP contribution >= 0.6 is 0 Å². The fourth-order valence-corrected chi connectivity index (χ4v) is 3.22. The number of nitriles is 2. The van der Waals surface area contributed by atoms with Gasteiger partial charge in [-0.05, 0) is 17.7 Å². The number of carbonyl (C=O) groups excluding carboxylic acids is 2. The van der Waals surface area contributed by atoms with Crippen molar-refractivity contribution >= 4 is 11.9 Å². The van der Waals surface area contributed by atoms with E-state index in [2.05, 4.69) is 9.47 Å². The molecule has 152 valence electrons. The molecule has 0 radical (unpaired) electrons. The van der Waals surface area contributed by atoms with Gasteiger partial charge in [-0.15, -0.1) is 0 Å². The fraction of sp³-hybridized carbons (Fsp3) is 0.333. The maximum Gasteiger partial charge on any atom is 0.416 e. The summed E-state index contributed by atoms with van der Waals surface area (Å²) in [6, 6.07) is 5.73. The number of halogens is 3. The molecule has 0 saturated heterocycles. The molecule has 0 spiro atoms. The summed E-state index contributed by atoms with van der Waals surface area (Å²) in [5.74, 6) is -8.04. The van der Waals surface area contributed by atoms with Gasteiger partial charge in [0, 0.05) is 0 Å². The molecule has 2 N–H and O–H groups in total. The molecule has 1 aromatic carbocycles. The Morgan fingerprint density at radius 2 is 1.52 bits per heavy atom. The van der Waals surface area contributed by atoms with Gasteiger partial charge in [0.05, 0.1) is 43.4 Å². The average molecular weight is 410 g/mol. The highest BCUT2D eigenvalue weighted by Crippen LogP contribution is 2.57. The molecule has 1 atom stereocenters. The minimum Gasteiger partial charge on any atom is -0.466 e. The Morgan fingerprint density at radius 3 is 1.90 bits per heavy atom. The van der Waals surface area contributed by atoms with Gasteiger partial charge in [-0.3, -0.25) is 0 Å². The Balaban J connectivity index is 2.88. The van der Waals surface area contributed by atoms with E-state index >= 15 is 0 Å². The lowest BCUT2D eigenvalue weighted by Crippen LogP contribution is -2.48. The van der Waals surface area contributed by atoms with Crippen molar-refractivity contribution in [3.8, 4) is 12.1 Å². The van der Waals surface area contributed by atoms with Crippen molar-refractivity contribution in [2.45, 2.75) is 17.9 Å². The second-order valence-electron chi connectivity index (χ2n) is 6.03. The number of benzene rings is 1. The molecule has 0 fully saturated rings. The zero-order valence-electron chi connectivity index (χ0n) is 14.9. The van der Waals surface area contributed by atoms with Crippen molar-refractivity contribution in [2.24, 2.45) is 5.41 Å². The standard InChI is InChI=1S/C18H13F3N2O6/c1-28-14(24)11-12(9-3-5-10(6-4-9)18(19,20)21)16(7-22,8-23)17(26,27)13(11)15(25)29-2/h3-6,12,26-27H,1-2H3. The smallest absolute Gasteiger partial charge is 0.416 e. The highest BCUT2D eigenvalue weighted by Gasteiger charge is 2.69. The maximum atomic E-state index is 12.8. The zero-order chi connectivity index (χ0) is 22.2. The van der Waals surface area contributed by atoms with Crippen LogP contribution in [-0.4, -0.2) is 42.2 Å². The maximum absolute atomic E-state index is 12.8. The quantitative estimate of drug-likeness (QED) is 0.559. The van der Waals surface area contributed by atoms with Crippen LogP contribution < -0.4 is 0 Å². The second-order valence-corrected chi connectivity index (χ2v) is 6.03. The fourth-order valence-electron chi connectivity index (χ4n) is 3.22. The monoisotopic (exact) mass is 410 g/mol. The number of hydrogen-bond donors (Lipinski definition) is 2. The molecule has 2 rings (SSSR count). The minimum absolute atomic E-state index is 0.229. The van der Waals surface area contributed by atoms with Crippen LogP contribution in [0.25, 0.3) is 0 Å². The number of nitrogens with zero attached hydrogens (tertiary/aromatic N) is 2. The van der Waals surface area contributed by atoms with Crippen molar-refractivity contribution in [3.63, 3.8) is 0 Å². The van der Waals surface area contributed by atoms with Gasteiger partial charge in [0.25, 0.3) is 0 Å². The van der Waals surface area contributed by atoms with Gasteiger partial charge in [0.15, 0.2) is 0 Å². The Kier molecular flexibility index (Phi) is 5.43. The van der Waals surface area contributed by atoms with Crippen LogP contribution in [0.3, 0.4) is 0 Å². The first-order chi connectivity index (χ1) is 13.4. The summed E-state index contributed by atoms with van der Waals surface area (Å²) in [6.07, 6.45) is -4.69. The van der Waals surface area contributed by atoms with Crippen LogP contribution in [0.15, 0.2) is 35.4 Å². The molecule has 0 heterocycles. The highest BCUT2D eigenvalue weighted by molar-refractivity contribution is 6.05. The van der Waals surface area contributed by atoms with Crippen LogP contribution in [0, 0.1) is 28.1 Å². The van der Waals surface area contributed by atoms with Crippen LogP contribution in [-0.2, 0) is 25.2 Å². The molecule has 0 bridgehead atoms. The molecular weight excluding hydrogens is 397 g/mol. The van der Waals surface area contributed by atoms with E-state index in [4.69, 9.17) is 0 Å². The number of carbonyl (C=O) groups is 2. The van der Waals surface area contributed by atoms with E-state index in [1.54, 1.807) is 0 Å². The Labute approximate surface area is 162 Å². The SMILES string of the molecule is COC(=O)C1=C(C(=O)OC)C(O)(O)C(C#N)(C#N)C1c1ccc(C(F)(F)F)cc1. The molecular formula is C18H13F3N2O6. The summed E-state index contributed by atoms with van der Waals surface area (Å²) in [7, 11) is 1.75. The predicted octanol–water partition coefficient (Wildman–Crippen LogP) is 1.16. The summed E-state index contributed by atoms with van der Waals surface area (Å²) < 4.78 is 47.5. The molecule has 1 aliphatic carbocycles. The number of ether oxygens (including phenoxy) is 2. The van der Waals surface area contributed by atoms with Crippen molar-refractivity contribution in [1.29, 1.82) is 10.5 Å². The molecule has 1 unspecified atom stereocenters. The lowest BCUT2D eigenvalue weighted by atomic mass is 9.70. The molecule has 1 aliphatic rings. The van der Waals surface area contributed by atoms with Gasteiger partial charge >= 0.3 is 18.1 Å². The summed E-state index contributed by atoms with van der Waals surface area (Å²) in [6.45, 7) is 0. The van der Waals surface area contributed by atoms with Crippen molar-refractivity contribution < 1.29 is 42.4 Å². The summed E-state index contributed by atoms with van der Waals surface area (Å²) in [5.41, 5.74) is -6.05. The van der Waals surface area contributed by atoms with E-state index in [9.17, 15) is 43.5 Å². The van der Waals surface area contributed by atoms with E-state index in [1.165, 1.54) is 12.1 Å². The molecule has 11 heteroatoms. The van der Waals surface area contributed by atoms with E-state index in [-0.39, 0.29) is 5.56 Å². The van der Waals surface area contributed by atoms with Crippen molar-refractivity contribution in [2.75, 3.05) is 14.2 Å². The molecule has 1 aromatic rings. The molecule has 8 nitrogen and oxygen atoms in total. The average Bonchev–Trinajstić information content (AvgIpc) is 2.89. The molecule has 0 aromatic heterocycles. The molecule has 0 amide bonds. The van der Waals surface area contributed by atoms with Gasteiger partial charge in [-0.25, -0.2) is 9.59 Å². The van der Waals surface area contributed by atoms with E-state index < -0.39 is 51.9 Å². The predicted molar refractivity (Wildman–Crippen MR) is 86.1 cm³/mol. The summed E-state index contributed by atoms with van der Waals surface area (Å²) >= 11 is 0. The topological polar surface area (TPSA) is 141 Å². The summed E-state index contributed by atoms with van der Waals surface area (Å²) in [5, 5.41) is 40.3. The molecule has 0 aliphatic heterocycles. The lowest BCUT2D eigenvalue weighted by molar-refractivity contribution is -0.181. The third kappa shape index (κ3) is 3.10. The third-order valence-corrected chi connectivity index (χ3v) is 4.61. The van der Waals surface area contributed by atoms with Gasteiger partial charge in [0.1, 0.15) is 5.57 Å². The van der Waals surface area contributed by atoms with E-state index in [0.29, 0.717) is 12.1 Å². The number of rotatable bonds is 3. The van der Waals surface area contributed by atoms with Gasteiger partial charge in [-0.1, -0.05) is 12.1 Å². The third-order valence-electron chi connectivity index (χ3n) is 4.61. The minimum atomic E-state index is -4.69. The van der Waals surface area contributed by atoms with Crippen LogP contribution in [0.4, 0.5) is 13.2 Å². The first kappa shape index (κ1) is 21.9. The number of esters is 2. The normalized spacial score (nSPS) is 19.8. The first-order valence-corrected chi connectivity index (χ1v) is 7.78. The van der Waals surface area contributed by atoms with Crippen molar-refractivity contribution in [3.05, 3.63) is 46.5 Å². The second kappa shape index (κ2) is 7.20. The van der Waals surface area contributed by atoms with Crippen LogP contribution in [0.1, 0.15) is 17.0 Å². The van der Waals surface area contributed by atoms with E-state index in [0.717, 1.165) is 26.4 Å². The number of hydrogen-bond acceptors (Lipinski definition) is 8. The van der Waals surface area contributed by atoms with Crippen molar-refractivity contribution in [1.82, 2.24) is 0 Å². The zero-order valence-corrected chi connectivity index (χ0v) is 14.9. The first-order valence-electron chi connectivity index (χ1n) is 7.78. The van der Waals surface area contributed by atoms with Crippen LogP contribution in [0.2, 0.25) is 0 Å². The molecule has 0 saturated carbocycles. The number of methoxy groups -OCH3 is 2.